The summed E-state index contributed by atoms with van der Waals surface area (Å²) in [5, 5.41) is 0. The number of rotatable bonds is 8. The average molecular weight is 255 g/mol. The predicted octanol–water partition coefficient (Wildman–Crippen LogP) is 1.74. The van der Waals surface area contributed by atoms with E-state index in [0.717, 1.165) is 0 Å². The first-order valence-corrected chi connectivity index (χ1v) is 5.70. The lowest BCUT2D eigenvalue weighted by Gasteiger charge is -2.24. The summed E-state index contributed by atoms with van der Waals surface area (Å²) < 4.78 is 23.4. The van der Waals surface area contributed by atoms with E-state index in [-0.39, 0.29) is 0 Å². The smallest absolute Gasteiger partial charge is 0.150 e. The van der Waals surface area contributed by atoms with Crippen molar-refractivity contribution in [1.29, 1.82) is 0 Å². The summed E-state index contributed by atoms with van der Waals surface area (Å²) >= 11 is 0. The highest BCUT2D eigenvalue weighted by Gasteiger charge is 2.09. The third-order valence-corrected chi connectivity index (χ3v) is 2.54. The van der Waals surface area contributed by atoms with E-state index in [1.807, 2.05) is 4.90 Å². The highest BCUT2D eigenvalue weighted by atomic mass is 19.1. The zero-order valence-corrected chi connectivity index (χ0v) is 10.7. The number of carbonyl (C=O) groups is 1. The van der Waals surface area contributed by atoms with Crippen LogP contribution in [0.4, 0.5) is 10.1 Å². The molecule has 18 heavy (non-hydrogen) atoms. The number of carbonyl (C=O) groups excluding carboxylic acids is 1. The summed E-state index contributed by atoms with van der Waals surface area (Å²) in [6.45, 7) is 2.27. The van der Waals surface area contributed by atoms with Gasteiger partial charge in [0.2, 0.25) is 0 Å². The van der Waals surface area contributed by atoms with Crippen molar-refractivity contribution in [2.75, 3.05) is 45.4 Å². The van der Waals surface area contributed by atoms with Crippen LogP contribution >= 0.6 is 0 Å². The van der Waals surface area contributed by atoms with E-state index in [2.05, 4.69) is 0 Å². The molecule has 1 rings (SSSR count). The largest absolute Gasteiger partial charge is 0.383 e. The molecule has 0 aromatic heterocycles. The van der Waals surface area contributed by atoms with E-state index < -0.39 is 5.82 Å². The van der Waals surface area contributed by atoms with Crippen molar-refractivity contribution in [3.63, 3.8) is 0 Å². The third kappa shape index (κ3) is 4.43. The van der Waals surface area contributed by atoms with Gasteiger partial charge in [0.15, 0.2) is 0 Å². The molecule has 0 amide bonds. The fourth-order valence-electron chi connectivity index (χ4n) is 1.62. The second kappa shape index (κ2) is 7.79. The molecule has 100 valence electrons. The number of halogens is 1. The van der Waals surface area contributed by atoms with Gasteiger partial charge < -0.3 is 14.4 Å². The molecule has 0 aliphatic rings. The molecular formula is C13H18FNO3. The van der Waals surface area contributed by atoms with Crippen LogP contribution in [0.25, 0.3) is 0 Å². The minimum absolute atomic E-state index is 0.324. The van der Waals surface area contributed by atoms with Crippen molar-refractivity contribution in [3.8, 4) is 0 Å². The van der Waals surface area contributed by atoms with E-state index in [1.165, 1.54) is 12.1 Å². The molecule has 0 aliphatic heterocycles. The second-order valence-electron chi connectivity index (χ2n) is 3.83. The van der Waals surface area contributed by atoms with Crippen molar-refractivity contribution in [1.82, 2.24) is 0 Å². The second-order valence-corrected chi connectivity index (χ2v) is 3.83. The topological polar surface area (TPSA) is 38.8 Å². The number of ether oxygens (including phenoxy) is 2. The van der Waals surface area contributed by atoms with Crippen LogP contribution in [-0.2, 0) is 9.47 Å². The number of hydrogen-bond acceptors (Lipinski definition) is 4. The lowest BCUT2D eigenvalue weighted by atomic mass is 10.2. The maximum atomic E-state index is 13.4. The maximum Gasteiger partial charge on any atom is 0.150 e. The molecule has 5 heteroatoms. The number of hydrogen-bond donors (Lipinski definition) is 0. The van der Waals surface area contributed by atoms with Crippen molar-refractivity contribution < 1.29 is 18.7 Å². The first kappa shape index (κ1) is 14.6. The minimum Gasteiger partial charge on any atom is -0.383 e. The molecule has 0 fully saturated rings. The molecule has 0 heterocycles. The van der Waals surface area contributed by atoms with Crippen LogP contribution in [0, 0.1) is 5.82 Å². The Labute approximate surface area is 106 Å². The summed E-state index contributed by atoms with van der Waals surface area (Å²) in [6.07, 6.45) is 0.636. The summed E-state index contributed by atoms with van der Waals surface area (Å²) in [7, 11) is 3.22. The molecule has 1 aromatic rings. The molecule has 0 atom stereocenters. The SMILES string of the molecule is COCCN(CCOC)c1cc(F)cc(C=O)c1. The van der Waals surface area contributed by atoms with Crippen LogP contribution in [0.3, 0.4) is 0 Å². The fourth-order valence-corrected chi connectivity index (χ4v) is 1.62. The lowest BCUT2D eigenvalue weighted by molar-refractivity contribution is 0.112. The fraction of sp³-hybridized carbons (Fsp3) is 0.462. The van der Waals surface area contributed by atoms with Crippen LogP contribution in [0.2, 0.25) is 0 Å². The Hall–Kier alpha value is -1.46. The number of anilines is 1. The Kier molecular flexibility index (Phi) is 6.32. The first-order chi connectivity index (χ1) is 8.71. The highest BCUT2D eigenvalue weighted by molar-refractivity contribution is 5.77. The van der Waals surface area contributed by atoms with Crippen molar-refractivity contribution in [2.45, 2.75) is 0 Å². The molecule has 0 aliphatic carbocycles. The van der Waals surface area contributed by atoms with Gasteiger partial charge in [-0.2, -0.15) is 0 Å². The van der Waals surface area contributed by atoms with Crippen molar-refractivity contribution in [2.24, 2.45) is 0 Å². The predicted molar refractivity (Wildman–Crippen MR) is 67.8 cm³/mol. The first-order valence-electron chi connectivity index (χ1n) is 5.70. The summed E-state index contributed by atoms with van der Waals surface area (Å²) in [4.78, 5) is 12.6. The van der Waals surface area contributed by atoms with Gasteiger partial charge in [0.25, 0.3) is 0 Å². The molecule has 0 spiro atoms. The van der Waals surface area contributed by atoms with Crippen LogP contribution < -0.4 is 4.90 Å². The monoisotopic (exact) mass is 255 g/mol. The van der Waals surface area contributed by atoms with Crippen LogP contribution in [0.15, 0.2) is 18.2 Å². The highest BCUT2D eigenvalue weighted by Crippen LogP contribution is 2.17. The van der Waals surface area contributed by atoms with Crippen LogP contribution in [0.1, 0.15) is 10.4 Å². The quantitative estimate of drug-likeness (QED) is 0.663. The Morgan fingerprint density at radius 3 is 2.28 bits per heavy atom. The van der Waals surface area contributed by atoms with Gasteiger partial charge in [-0.3, -0.25) is 4.79 Å². The Morgan fingerprint density at radius 2 is 1.78 bits per heavy atom. The van der Waals surface area contributed by atoms with Gasteiger partial charge in [0, 0.05) is 38.6 Å². The van der Waals surface area contributed by atoms with Gasteiger partial charge >= 0.3 is 0 Å². The van der Waals surface area contributed by atoms with Gasteiger partial charge in [-0.05, 0) is 18.2 Å². The van der Waals surface area contributed by atoms with E-state index >= 15 is 0 Å². The molecule has 0 saturated carbocycles. The molecule has 4 nitrogen and oxygen atoms in total. The Morgan fingerprint density at radius 1 is 1.17 bits per heavy atom. The van der Waals surface area contributed by atoms with E-state index in [1.54, 1.807) is 20.3 Å². The van der Waals surface area contributed by atoms with Gasteiger partial charge in [0.1, 0.15) is 12.1 Å². The average Bonchev–Trinajstić information content (AvgIpc) is 2.38. The Balaban J connectivity index is 2.87. The number of methoxy groups -OCH3 is 2. The number of nitrogens with zero attached hydrogens (tertiary/aromatic N) is 1. The van der Waals surface area contributed by atoms with Gasteiger partial charge in [-0.25, -0.2) is 4.39 Å². The van der Waals surface area contributed by atoms with Gasteiger partial charge in [-0.15, -0.1) is 0 Å². The van der Waals surface area contributed by atoms with Gasteiger partial charge in [0.05, 0.1) is 13.2 Å². The van der Waals surface area contributed by atoms with Crippen molar-refractivity contribution in [3.05, 3.63) is 29.6 Å². The molecule has 0 radical (unpaired) electrons. The van der Waals surface area contributed by atoms with Crippen LogP contribution in [0.5, 0.6) is 0 Å². The number of benzene rings is 1. The Bertz CT molecular complexity index is 376. The molecular weight excluding hydrogens is 237 g/mol. The zero-order chi connectivity index (χ0) is 13.4. The summed E-state index contributed by atoms with van der Waals surface area (Å²) in [5.74, 6) is -0.422. The summed E-state index contributed by atoms with van der Waals surface area (Å²) in [6, 6.07) is 4.26. The molecule has 1 aromatic carbocycles. The third-order valence-electron chi connectivity index (χ3n) is 2.54. The molecule has 0 unspecified atom stereocenters. The van der Waals surface area contributed by atoms with E-state index in [0.29, 0.717) is 43.8 Å². The lowest BCUT2D eigenvalue weighted by Crippen LogP contribution is -2.30. The van der Waals surface area contributed by atoms with Gasteiger partial charge in [-0.1, -0.05) is 0 Å². The maximum absolute atomic E-state index is 13.4. The zero-order valence-electron chi connectivity index (χ0n) is 10.7. The van der Waals surface area contributed by atoms with E-state index in [4.69, 9.17) is 9.47 Å². The number of aldehydes is 1. The molecule has 0 saturated heterocycles. The normalized spacial score (nSPS) is 10.4. The summed E-state index contributed by atoms with van der Waals surface area (Å²) in [5.41, 5.74) is 0.982. The van der Waals surface area contributed by atoms with Crippen molar-refractivity contribution >= 4 is 12.0 Å². The van der Waals surface area contributed by atoms with E-state index in [9.17, 15) is 9.18 Å². The standard InChI is InChI=1S/C13H18FNO3/c1-17-5-3-15(4-6-18-2)13-8-11(10-16)7-12(14)9-13/h7-10H,3-6H2,1-2H3. The molecule has 0 bridgehead atoms. The minimum atomic E-state index is -0.422. The van der Waals surface area contributed by atoms with Crippen LogP contribution in [-0.4, -0.2) is 46.8 Å². The molecule has 0 N–H and O–H groups in total.